The van der Waals surface area contributed by atoms with Crippen LogP contribution in [-0.2, 0) is 4.74 Å². The van der Waals surface area contributed by atoms with Crippen molar-refractivity contribution in [3.05, 3.63) is 45.1 Å². The second kappa shape index (κ2) is 5.24. The Bertz CT molecular complexity index is 710. The number of aryl methyl sites for hydroxylation is 2. The smallest absolute Gasteiger partial charge is 0.340 e. The molecule has 1 aromatic heterocycles. The predicted molar refractivity (Wildman–Crippen MR) is 73.8 cm³/mol. The summed E-state index contributed by atoms with van der Waals surface area (Å²) in [5, 5.41) is 11.4. The Hall–Kier alpha value is -2.50. The van der Waals surface area contributed by atoms with Gasteiger partial charge < -0.3 is 4.74 Å². The first-order chi connectivity index (χ1) is 9.45. The third-order valence-corrected chi connectivity index (χ3v) is 3.10. The normalized spacial score (nSPS) is 10.6. The predicted octanol–water partition coefficient (Wildman–Crippen LogP) is 2.94. The highest BCUT2D eigenvalue weighted by Crippen LogP contribution is 2.26. The van der Waals surface area contributed by atoms with Crippen LogP contribution in [0.25, 0.3) is 10.9 Å². The largest absolute Gasteiger partial charge is 0.462 e. The quantitative estimate of drug-likeness (QED) is 0.488. The molecule has 0 aliphatic rings. The van der Waals surface area contributed by atoms with E-state index in [2.05, 4.69) is 4.98 Å². The summed E-state index contributed by atoms with van der Waals surface area (Å²) >= 11 is 0. The number of carbonyl (C=O) groups is 1. The third-order valence-electron chi connectivity index (χ3n) is 3.10. The summed E-state index contributed by atoms with van der Waals surface area (Å²) in [6, 6.07) is 4.42. The summed E-state index contributed by atoms with van der Waals surface area (Å²) in [7, 11) is 0. The number of nitro benzene ring substituents is 1. The van der Waals surface area contributed by atoms with Gasteiger partial charge in [0, 0.05) is 17.5 Å². The molecule has 0 aliphatic heterocycles. The molecule has 6 nitrogen and oxygen atoms in total. The van der Waals surface area contributed by atoms with Gasteiger partial charge in [0.1, 0.15) is 0 Å². The lowest BCUT2D eigenvalue weighted by molar-refractivity contribution is -0.384. The molecule has 1 aromatic carbocycles. The lowest BCUT2D eigenvalue weighted by atomic mass is 10.0. The zero-order valence-corrected chi connectivity index (χ0v) is 11.5. The van der Waals surface area contributed by atoms with Crippen molar-refractivity contribution in [3.63, 3.8) is 0 Å². The Morgan fingerprint density at radius 3 is 2.70 bits per heavy atom. The van der Waals surface area contributed by atoms with Gasteiger partial charge in [-0.3, -0.25) is 15.1 Å². The number of carbonyl (C=O) groups excluding carboxylic acids is 1. The van der Waals surface area contributed by atoms with E-state index in [4.69, 9.17) is 4.74 Å². The molecule has 0 radical (unpaired) electrons. The first-order valence-electron chi connectivity index (χ1n) is 6.18. The van der Waals surface area contributed by atoms with Crippen LogP contribution in [0.1, 0.15) is 28.5 Å². The van der Waals surface area contributed by atoms with Crippen molar-refractivity contribution < 1.29 is 14.5 Å². The van der Waals surface area contributed by atoms with Crippen LogP contribution in [0, 0.1) is 24.0 Å². The van der Waals surface area contributed by atoms with E-state index >= 15 is 0 Å². The van der Waals surface area contributed by atoms with Gasteiger partial charge in [-0.15, -0.1) is 0 Å². The molecule has 1 heterocycles. The van der Waals surface area contributed by atoms with Gasteiger partial charge in [0.25, 0.3) is 5.69 Å². The highest BCUT2D eigenvalue weighted by molar-refractivity contribution is 5.98. The number of esters is 1. The van der Waals surface area contributed by atoms with Crippen LogP contribution in [0.5, 0.6) is 0 Å². The molecule has 0 N–H and O–H groups in total. The second-order valence-electron chi connectivity index (χ2n) is 4.38. The van der Waals surface area contributed by atoms with Crippen LogP contribution in [-0.4, -0.2) is 22.5 Å². The minimum Gasteiger partial charge on any atom is -0.462 e. The van der Waals surface area contributed by atoms with E-state index in [1.807, 2.05) is 0 Å². The third kappa shape index (κ3) is 2.32. The number of aromatic nitrogens is 1. The number of nitrogens with zero attached hydrogens (tertiary/aromatic N) is 2. The molecule has 0 aliphatic carbocycles. The van der Waals surface area contributed by atoms with Gasteiger partial charge in [0.2, 0.25) is 0 Å². The molecule has 0 spiro atoms. The molecular formula is C14H14N2O4. The number of hydrogen-bond donors (Lipinski definition) is 0. The van der Waals surface area contributed by atoms with Crippen LogP contribution >= 0.6 is 0 Å². The van der Waals surface area contributed by atoms with Crippen molar-refractivity contribution in [1.29, 1.82) is 0 Å². The van der Waals surface area contributed by atoms with Crippen LogP contribution < -0.4 is 0 Å². The summed E-state index contributed by atoms with van der Waals surface area (Å²) in [5.41, 5.74) is 2.18. The topological polar surface area (TPSA) is 82.3 Å². The van der Waals surface area contributed by atoms with E-state index in [1.165, 1.54) is 12.1 Å². The number of hydrogen-bond acceptors (Lipinski definition) is 5. The monoisotopic (exact) mass is 274 g/mol. The van der Waals surface area contributed by atoms with Crippen molar-refractivity contribution in [3.8, 4) is 0 Å². The SMILES string of the molecule is CCOC(=O)c1c(C)nc2ccc([N+](=O)[O-])cc2c1C. The van der Waals surface area contributed by atoms with E-state index in [0.29, 0.717) is 27.7 Å². The molecule has 20 heavy (non-hydrogen) atoms. The van der Waals surface area contributed by atoms with E-state index in [9.17, 15) is 14.9 Å². The number of rotatable bonds is 3. The summed E-state index contributed by atoms with van der Waals surface area (Å²) in [5.74, 6) is -0.455. The highest BCUT2D eigenvalue weighted by atomic mass is 16.6. The zero-order chi connectivity index (χ0) is 14.9. The summed E-state index contributed by atoms with van der Waals surface area (Å²) in [6.45, 7) is 5.46. The standard InChI is InChI=1S/C14H14N2O4/c1-4-20-14(17)13-8(2)11-7-10(16(18)19)5-6-12(11)15-9(13)3/h5-7H,4H2,1-3H3. The van der Waals surface area contributed by atoms with E-state index in [-0.39, 0.29) is 12.3 Å². The maximum Gasteiger partial charge on any atom is 0.340 e. The fourth-order valence-electron chi connectivity index (χ4n) is 2.18. The lowest BCUT2D eigenvalue weighted by Crippen LogP contribution is -2.10. The van der Waals surface area contributed by atoms with Gasteiger partial charge in [-0.25, -0.2) is 4.79 Å². The minimum atomic E-state index is -0.469. The number of ether oxygens (including phenoxy) is 1. The Morgan fingerprint density at radius 1 is 1.40 bits per heavy atom. The average molecular weight is 274 g/mol. The molecule has 0 bridgehead atoms. The molecule has 0 saturated carbocycles. The Labute approximate surface area is 115 Å². The van der Waals surface area contributed by atoms with Gasteiger partial charge in [0.05, 0.1) is 28.3 Å². The molecule has 0 atom stereocenters. The van der Waals surface area contributed by atoms with Crippen molar-refractivity contribution in [2.45, 2.75) is 20.8 Å². The molecule has 0 unspecified atom stereocenters. The number of nitro groups is 1. The maximum absolute atomic E-state index is 12.0. The summed E-state index contributed by atoms with van der Waals surface area (Å²) < 4.78 is 5.00. The van der Waals surface area contributed by atoms with Crippen LogP contribution in [0.3, 0.4) is 0 Å². The number of benzene rings is 1. The molecule has 6 heteroatoms. The number of pyridine rings is 1. The van der Waals surface area contributed by atoms with Gasteiger partial charge in [0.15, 0.2) is 0 Å². The van der Waals surface area contributed by atoms with E-state index in [0.717, 1.165) is 0 Å². The van der Waals surface area contributed by atoms with E-state index < -0.39 is 10.9 Å². The molecular weight excluding hydrogens is 260 g/mol. The molecule has 2 rings (SSSR count). The Balaban J connectivity index is 2.71. The van der Waals surface area contributed by atoms with Crippen molar-refractivity contribution in [2.75, 3.05) is 6.61 Å². The lowest BCUT2D eigenvalue weighted by Gasteiger charge is -2.11. The van der Waals surface area contributed by atoms with E-state index in [1.54, 1.807) is 26.8 Å². The Morgan fingerprint density at radius 2 is 2.10 bits per heavy atom. The molecule has 0 fully saturated rings. The number of fused-ring (bicyclic) bond motifs is 1. The maximum atomic E-state index is 12.0. The molecule has 104 valence electrons. The van der Waals surface area contributed by atoms with Gasteiger partial charge in [-0.1, -0.05) is 0 Å². The fraction of sp³-hybridized carbons (Fsp3) is 0.286. The average Bonchev–Trinajstić information content (AvgIpc) is 2.38. The van der Waals surface area contributed by atoms with Gasteiger partial charge in [-0.2, -0.15) is 0 Å². The minimum absolute atomic E-state index is 0.0268. The van der Waals surface area contributed by atoms with Crippen molar-refractivity contribution >= 4 is 22.6 Å². The Kier molecular flexibility index (Phi) is 3.65. The summed E-state index contributed by atoms with van der Waals surface area (Å²) in [4.78, 5) is 26.6. The fourth-order valence-corrected chi connectivity index (χ4v) is 2.18. The zero-order valence-electron chi connectivity index (χ0n) is 11.5. The van der Waals surface area contributed by atoms with Crippen molar-refractivity contribution in [2.24, 2.45) is 0 Å². The van der Waals surface area contributed by atoms with Crippen LogP contribution in [0.4, 0.5) is 5.69 Å². The van der Waals surface area contributed by atoms with Crippen LogP contribution in [0.15, 0.2) is 18.2 Å². The van der Waals surface area contributed by atoms with Gasteiger partial charge in [-0.05, 0) is 32.4 Å². The highest BCUT2D eigenvalue weighted by Gasteiger charge is 2.18. The summed E-state index contributed by atoms with van der Waals surface area (Å²) in [6.07, 6.45) is 0. The second-order valence-corrected chi connectivity index (χ2v) is 4.38. The van der Waals surface area contributed by atoms with Gasteiger partial charge >= 0.3 is 5.97 Å². The van der Waals surface area contributed by atoms with Crippen LogP contribution in [0.2, 0.25) is 0 Å². The number of non-ortho nitro benzene ring substituents is 1. The molecule has 2 aromatic rings. The first-order valence-corrected chi connectivity index (χ1v) is 6.18. The van der Waals surface area contributed by atoms with Crippen molar-refractivity contribution in [1.82, 2.24) is 4.98 Å². The molecule has 0 amide bonds. The molecule has 0 saturated heterocycles. The first kappa shape index (κ1) is 13.9.